The van der Waals surface area contributed by atoms with E-state index in [9.17, 15) is 9.59 Å². The van der Waals surface area contributed by atoms with Crippen LogP contribution in [-0.4, -0.2) is 31.8 Å². The van der Waals surface area contributed by atoms with Gasteiger partial charge in [-0.25, -0.2) is 9.59 Å². The number of carbonyl (C=O) groups excluding carboxylic acids is 2. The van der Waals surface area contributed by atoms with Gasteiger partial charge in [0.15, 0.2) is 0 Å². The molecule has 1 aromatic carbocycles. The number of carbonyl (C=O) groups is 2. The maximum atomic E-state index is 11.4. The molecule has 0 radical (unpaired) electrons. The lowest BCUT2D eigenvalue weighted by Gasteiger charge is -2.07. The molecule has 0 bridgehead atoms. The Balaban J connectivity index is 2.29. The first kappa shape index (κ1) is 15.8. The van der Waals surface area contributed by atoms with Gasteiger partial charge in [0.2, 0.25) is 0 Å². The van der Waals surface area contributed by atoms with Crippen molar-refractivity contribution in [3.05, 3.63) is 42.5 Å². The number of benzene rings is 1. The molecule has 5 heteroatoms. The van der Waals surface area contributed by atoms with Gasteiger partial charge in [0.1, 0.15) is 5.75 Å². The van der Waals surface area contributed by atoms with E-state index >= 15 is 0 Å². The van der Waals surface area contributed by atoms with Crippen molar-refractivity contribution in [2.45, 2.75) is 13.3 Å². The molecule has 20 heavy (non-hydrogen) atoms. The Hall–Kier alpha value is -2.30. The summed E-state index contributed by atoms with van der Waals surface area (Å²) in [6, 6.07) is 6.68. The average molecular weight is 278 g/mol. The second-order valence-corrected chi connectivity index (χ2v) is 3.82. The minimum atomic E-state index is -0.441. The highest BCUT2D eigenvalue weighted by Crippen LogP contribution is 2.13. The first-order valence-corrected chi connectivity index (χ1v) is 6.36. The SMILES string of the molecule is C=CC(=O)OCCCOc1ccc(C(=O)OCC)cc1. The Morgan fingerprint density at radius 3 is 2.45 bits per heavy atom. The van der Waals surface area contributed by atoms with Crippen LogP contribution in [0.4, 0.5) is 0 Å². The van der Waals surface area contributed by atoms with Crippen molar-refractivity contribution in [1.82, 2.24) is 0 Å². The monoisotopic (exact) mass is 278 g/mol. The van der Waals surface area contributed by atoms with Crippen LogP contribution in [0.15, 0.2) is 36.9 Å². The number of esters is 2. The average Bonchev–Trinajstić information content (AvgIpc) is 2.47. The molecule has 5 nitrogen and oxygen atoms in total. The maximum absolute atomic E-state index is 11.4. The summed E-state index contributed by atoms with van der Waals surface area (Å²) in [6.07, 6.45) is 1.70. The van der Waals surface area contributed by atoms with Crippen molar-refractivity contribution in [3.63, 3.8) is 0 Å². The number of hydrogen-bond donors (Lipinski definition) is 0. The fourth-order valence-corrected chi connectivity index (χ4v) is 1.38. The van der Waals surface area contributed by atoms with Crippen molar-refractivity contribution < 1.29 is 23.8 Å². The Bertz CT molecular complexity index is 450. The second kappa shape index (κ2) is 8.74. The molecule has 1 rings (SSSR count). The fraction of sp³-hybridized carbons (Fsp3) is 0.333. The molecule has 0 saturated carbocycles. The van der Waals surface area contributed by atoms with Gasteiger partial charge in [0, 0.05) is 12.5 Å². The van der Waals surface area contributed by atoms with Crippen LogP contribution in [0.5, 0.6) is 5.75 Å². The third-order valence-electron chi connectivity index (χ3n) is 2.33. The molecule has 0 heterocycles. The molecule has 0 saturated heterocycles. The van der Waals surface area contributed by atoms with Crippen LogP contribution in [0.25, 0.3) is 0 Å². The van der Waals surface area contributed by atoms with Crippen molar-refractivity contribution in [2.75, 3.05) is 19.8 Å². The Morgan fingerprint density at radius 1 is 1.15 bits per heavy atom. The van der Waals surface area contributed by atoms with Crippen LogP contribution in [0.2, 0.25) is 0 Å². The largest absolute Gasteiger partial charge is 0.493 e. The van der Waals surface area contributed by atoms with Gasteiger partial charge in [0.05, 0.1) is 25.4 Å². The van der Waals surface area contributed by atoms with E-state index in [1.54, 1.807) is 31.2 Å². The van der Waals surface area contributed by atoms with Gasteiger partial charge in [0.25, 0.3) is 0 Å². The van der Waals surface area contributed by atoms with Crippen LogP contribution < -0.4 is 4.74 Å². The Kier molecular flexibility index (Phi) is 6.89. The standard InChI is InChI=1S/C15H18O5/c1-3-14(16)20-11-5-10-19-13-8-6-12(7-9-13)15(17)18-4-2/h3,6-9H,1,4-5,10-11H2,2H3. The van der Waals surface area contributed by atoms with E-state index in [2.05, 4.69) is 6.58 Å². The maximum Gasteiger partial charge on any atom is 0.338 e. The zero-order chi connectivity index (χ0) is 14.8. The zero-order valence-electron chi connectivity index (χ0n) is 11.5. The van der Waals surface area contributed by atoms with Crippen molar-refractivity contribution in [3.8, 4) is 5.75 Å². The molecule has 0 amide bonds. The summed E-state index contributed by atoms with van der Waals surface area (Å²) in [4.78, 5) is 22.2. The van der Waals surface area contributed by atoms with Crippen molar-refractivity contribution in [1.29, 1.82) is 0 Å². The van der Waals surface area contributed by atoms with E-state index in [-0.39, 0.29) is 12.6 Å². The molecular weight excluding hydrogens is 260 g/mol. The van der Waals surface area contributed by atoms with E-state index < -0.39 is 5.97 Å². The topological polar surface area (TPSA) is 61.8 Å². The van der Waals surface area contributed by atoms with Crippen LogP contribution in [-0.2, 0) is 14.3 Å². The number of hydrogen-bond acceptors (Lipinski definition) is 5. The first-order valence-electron chi connectivity index (χ1n) is 6.36. The van der Waals surface area contributed by atoms with Gasteiger partial charge in [-0.15, -0.1) is 0 Å². The molecule has 1 aromatic rings. The molecule has 0 spiro atoms. The second-order valence-electron chi connectivity index (χ2n) is 3.82. The molecule has 0 N–H and O–H groups in total. The lowest BCUT2D eigenvalue weighted by molar-refractivity contribution is -0.137. The highest BCUT2D eigenvalue weighted by molar-refractivity contribution is 5.89. The van der Waals surface area contributed by atoms with E-state index in [1.807, 2.05) is 0 Å². The van der Waals surface area contributed by atoms with E-state index in [1.165, 1.54) is 0 Å². The summed E-state index contributed by atoms with van der Waals surface area (Å²) in [5, 5.41) is 0. The molecule has 0 fully saturated rings. The van der Waals surface area contributed by atoms with Crippen molar-refractivity contribution >= 4 is 11.9 Å². The summed E-state index contributed by atoms with van der Waals surface area (Å²) >= 11 is 0. The van der Waals surface area contributed by atoms with Crippen molar-refractivity contribution in [2.24, 2.45) is 0 Å². The summed E-state index contributed by atoms with van der Waals surface area (Å²) in [5.74, 6) is -0.146. The third-order valence-corrected chi connectivity index (χ3v) is 2.33. The predicted molar refractivity (Wildman–Crippen MR) is 73.7 cm³/mol. The Morgan fingerprint density at radius 2 is 1.85 bits per heavy atom. The summed E-state index contributed by atoms with van der Waals surface area (Å²) < 4.78 is 15.1. The van der Waals surface area contributed by atoms with Gasteiger partial charge >= 0.3 is 11.9 Å². The molecule has 0 aliphatic carbocycles. The first-order chi connectivity index (χ1) is 9.67. The van der Waals surface area contributed by atoms with E-state index in [4.69, 9.17) is 14.2 Å². The number of ether oxygens (including phenoxy) is 3. The van der Waals surface area contributed by atoms with E-state index in [0.29, 0.717) is 30.9 Å². The van der Waals surface area contributed by atoms with Gasteiger partial charge in [-0.1, -0.05) is 6.58 Å². The zero-order valence-corrected chi connectivity index (χ0v) is 11.5. The predicted octanol–water partition coefficient (Wildman–Crippen LogP) is 2.36. The smallest absolute Gasteiger partial charge is 0.338 e. The highest BCUT2D eigenvalue weighted by atomic mass is 16.5. The van der Waals surface area contributed by atoms with Gasteiger partial charge in [-0.2, -0.15) is 0 Å². The molecular formula is C15H18O5. The van der Waals surface area contributed by atoms with Crippen LogP contribution in [0, 0.1) is 0 Å². The number of rotatable bonds is 8. The van der Waals surface area contributed by atoms with Gasteiger partial charge in [-0.05, 0) is 31.2 Å². The lowest BCUT2D eigenvalue weighted by atomic mass is 10.2. The normalized spacial score (nSPS) is 9.65. The minimum Gasteiger partial charge on any atom is -0.493 e. The fourth-order valence-electron chi connectivity index (χ4n) is 1.38. The molecule has 108 valence electrons. The summed E-state index contributed by atoms with van der Waals surface area (Å²) in [7, 11) is 0. The van der Waals surface area contributed by atoms with Crippen LogP contribution in [0.1, 0.15) is 23.7 Å². The van der Waals surface area contributed by atoms with Gasteiger partial charge < -0.3 is 14.2 Å². The molecule has 0 aromatic heterocycles. The Labute approximate surface area is 118 Å². The van der Waals surface area contributed by atoms with Crippen LogP contribution in [0.3, 0.4) is 0 Å². The molecule has 0 aliphatic rings. The highest BCUT2D eigenvalue weighted by Gasteiger charge is 2.05. The minimum absolute atomic E-state index is 0.283. The molecule has 0 aliphatic heterocycles. The lowest BCUT2D eigenvalue weighted by Crippen LogP contribution is -2.07. The molecule has 0 unspecified atom stereocenters. The van der Waals surface area contributed by atoms with E-state index in [0.717, 1.165) is 6.08 Å². The van der Waals surface area contributed by atoms with Crippen LogP contribution >= 0.6 is 0 Å². The summed E-state index contributed by atoms with van der Waals surface area (Å²) in [6.45, 7) is 6.11. The van der Waals surface area contributed by atoms with Gasteiger partial charge in [-0.3, -0.25) is 0 Å². The summed E-state index contributed by atoms with van der Waals surface area (Å²) in [5.41, 5.74) is 0.485. The molecule has 0 atom stereocenters. The quantitative estimate of drug-likeness (QED) is 0.415. The third kappa shape index (κ3) is 5.56.